The smallest absolute Gasteiger partial charge is 0.323 e. The molecule has 0 aliphatic carbocycles. The van der Waals surface area contributed by atoms with Crippen molar-refractivity contribution in [3.05, 3.63) is 35.9 Å². The van der Waals surface area contributed by atoms with E-state index < -0.39 is 0 Å². The SMILES string of the molecule is COC(=O)[C@@H]1C[C@@H](C)N1Cc1ccccc1. The van der Waals surface area contributed by atoms with Crippen LogP contribution >= 0.6 is 0 Å². The lowest BCUT2D eigenvalue weighted by molar-refractivity contribution is -0.156. The number of esters is 1. The first-order valence-electron chi connectivity index (χ1n) is 5.60. The molecule has 0 radical (unpaired) electrons. The van der Waals surface area contributed by atoms with Gasteiger partial charge in [-0.15, -0.1) is 0 Å². The molecule has 1 saturated heterocycles. The predicted molar refractivity (Wildman–Crippen MR) is 61.9 cm³/mol. The highest BCUT2D eigenvalue weighted by molar-refractivity contribution is 5.76. The molecule has 0 bridgehead atoms. The van der Waals surface area contributed by atoms with E-state index in [4.69, 9.17) is 4.74 Å². The van der Waals surface area contributed by atoms with Gasteiger partial charge in [0, 0.05) is 12.6 Å². The van der Waals surface area contributed by atoms with Crippen LogP contribution in [0.3, 0.4) is 0 Å². The molecule has 0 unspecified atom stereocenters. The van der Waals surface area contributed by atoms with Gasteiger partial charge in [-0.1, -0.05) is 30.3 Å². The van der Waals surface area contributed by atoms with Crippen LogP contribution in [0.25, 0.3) is 0 Å². The zero-order valence-corrected chi connectivity index (χ0v) is 9.72. The van der Waals surface area contributed by atoms with Gasteiger partial charge in [0.2, 0.25) is 0 Å². The Bertz CT molecular complexity index is 363. The monoisotopic (exact) mass is 219 g/mol. The number of methoxy groups -OCH3 is 1. The van der Waals surface area contributed by atoms with E-state index in [0.717, 1.165) is 13.0 Å². The predicted octanol–water partition coefficient (Wildman–Crippen LogP) is 1.82. The van der Waals surface area contributed by atoms with Crippen molar-refractivity contribution in [2.45, 2.75) is 32.0 Å². The van der Waals surface area contributed by atoms with Crippen LogP contribution in [0.2, 0.25) is 0 Å². The average Bonchev–Trinajstić information content (AvgIpc) is 2.33. The van der Waals surface area contributed by atoms with Crippen molar-refractivity contribution in [1.29, 1.82) is 0 Å². The first kappa shape index (κ1) is 11.1. The summed E-state index contributed by atoms with van der Waals surface area (Å²) >= 11 is 0. The molecule has 1 aromatic carbocycles. The lowest BCUT2D eigenvalue weighted by Gasteiger charge is -2.45. The van der Waals surface area contributed by atoms with E-state index in [0.29, 0.717) is 6.04 Å². The van der Waals surface area contributed by atoms with E-state index in [2.05, 4.69) is 24.0 Å². The molecule has 1 aromatic rings. The minimum absolute atomic E-state index is 0.0554. The molecule has 1 fully saturated rings. The van der Waals surface area contributed by atoms with E-state index in [1.165, 1.54) is 12.7 Å². The Hall–Kier alpha value is -1.35. The number of carbonyl (C=O) groups is 1. The summed E-state index contributed by atoms with van der Waals surface area (Å²) in [6, 6.07) is 10.6. The van der Waals surface area contributed by atoms with Gasteiger partial charge in [-0.2, -0.15) is 0 Å². The van der Waals surface area contributed by atoms with Gasteiger partial charge in [-0.25, -0.2) is 0 Å². The molecule has 86 valence electrons. The average molecular weight is 219 g/mol. The van der Waals surface area contributed by atoms with Gasteiger partial charge in [0.05, 0.1) is 7.11 Å². The number of ether oxygens (including phenoxy) is 1. The molecule has 0 saturated carbocycles. The third-order valence-corrected chi connectivity index (χ3v) is 3.21. The van der Waals surface area contributed by atoms with E-state index in [-0.39, 0.29) is 12.0 Å². The lowest BCUT2D eigenvalue weighted by atomic mass is 9.93. The number of hydrogen-bond acceptors (Lipinski definition) is 3. The van der Waals surface area contributed by atoms with Crippen molar-refractivity contribution in [3.8, 4) is 0 Å². The van der Waals surface area contributed by atoms with Crippen molar-refractivity contribution in [1.82, 2.24) is 4.90 Å². The Kier molecular flexibility index (Phi) is 3.25. The molecule has 0 N–H and O–H groups in total. The van der Waals surface area contributed by atoms with Crippen molar-refractivity contribution in [3.63, 3.8) is 0 Å². The third kappa shape index (κ3) is 2.09. The molecule has 0 amide bonds. The highest BCUT2D eigenvalue weighted by atomic mass is 16.5. The summed E-state index contributed by atoms with van der Waals surface area (Å²) < 4.78 is 4.79. The Morgan fingerprint density at radius 2 is 2.12 bits per heavy atom. The third-order valence-electron chi connectivity index (χ3n) is 3.21. The fourth-order valence-electron chi connectivity index (χ4n) is 2.19. The Balaban J connectivity index is 2.01. The molecule has 2 rings (SSSR count). The maximum atomic E-state index is 11.5. The largest absolute Gasteiger partial charge is 0.468 e. The van der Waals surface area contributed by atoms with Gasteiger partial charge in [0.25, 0.3) is 0 Å². The normalized spacial score (nSPS) is 24.9. The summed E-state index contributed by atoms with van der Waals surface area (Å²) in [7, 11) is 1.45. The number of hydrogen-bond donors (Lipinski definition) is 0. The van der Waals surface area contributed by atoms with Gasteiger partial charge in [-0.05, 0) is 18.9 Å². The van der Waals surface area contributed by atoms with Crippen molar-refractivity contribution in [2.75, 3.05) is 7.11 Å². The van der Waals surface area contributed by atoms with Gasteiger partial charge >= 0.3 is 5.97 Å². The van der Waals surface area contributed by atoms with Crippen LogP contribution in [0.1, 0.15) is 18.9 Å². The van der Waals surface area contributed by atoms with Crippen molar-refractivity contribution in [2.24, 2.45) is 0 Å². The van der Waals surface area contributed by atoms with Gasteiger partial charge in [-0.3, -0.25) is 9.69 Å². The standard InChI is InChI=1S/C13H17NO2/c1-10-8-12(13(15)16-2)14(10)9-11-6-4-3-5-7-11/h3-7,10,12H,8-9H2,1-2H3/t10-,12+/m1/s1. The second-order valence-electron chi connectivity index (χ2n) is 4.28. The first-order valence-corrected chi connectivity index (χ1v) is 5.60. The Morgan fingerprint density at radius 3 is 2.69 bits per heavy atom. The van der Waals surface area contributed by atoms with E-state index >= 15 is 0 Å². The van der Waals surface area contributed by atoms with Crippen LogP contribution in [0.15, 0.2) is 30.3 Å². The molecular weight excluding hydrogens is 202 g/mol. The number of nitrogens with zero attached hydrogens (tertiary/aromatic N) is 1. The van der Waals surface area contributed by atoms with Crippen molar-refractivity contribution >= 4 is 5.97 Å². The molecule has 3 nitrogen and oxygen atoms in total. The van der Waals surface area contributed by atoms with E-state index in [1.807, 2.05) is 18.2 Å². The summed E-state index contributed by atoms with van der Waals surface area (Å²) in [4.78, 5) is 13.7. The van der Waals surface area contributed by atoms with Gasteiger partial charge in [0.1, 0.15) is 6.04 Å². The van der Waals surface area contributed by atoms with Gasteiger partial charge in [0.15, 0.2) is 0 Å². The molecule has 0 aromatic heterocycles. The molecule has 0 spiro atoms. The summed E-state index contributed by atoms with van der Waals surface area (Å²) in [5.74, 6) is -0.117. The summed E-state index contributed by atoms with van der Waals surface area (Å²) in [6.07, 6.45) is 0.902. The maximum absolute atomic E-state index is 11.5. The van der Waals surface area contributed by atoms with Crippen LogP contribution in [0.5, 0.6) is 0 Å². The zero-order valence-electron chi connectivity index (χ0n) is 9.72. The number of rotatable bonds is 3. The minimum atomic E-state index is -0.117. The van der Waals surface area contributed by atoms with Crippen LogP contribution in [0.4, 0.5) is 0 Å². The molecule has 2 atom stereocenters. The second kappa shape index (κ2) is 4.66. The second-order valence-corrected chi connectivity index (χ2v) is 4.28. The Labute approximate surface area is 96.0 Å². The van der Waals surface area contributed by atoms with Gasteiger partial charge < -0.3 is 4.74 Å². The quantitative estimate of drug-likeness (QED) is 0.726. The van der Waals surface area contributed by atoms with Crippen LogP contribution in [0, 0.1) is 0 Å². The molecule has 16 heavy (non-hydrogen) atoms. The molecular formula is C13H17NO2. The van der Waals surface area contributed by atoms with Crippen molar-refractivity contribution < 1.29 is 9.53 Å². The summed E-state index contributed by atoms with van der Waals surface area (Å²) in [5, 5.41) is 0. The molecule has 1 aliphatic heterocycles. The van der Waals surface area contributed by atoms with Crippen LogP contribution in [-0.2, 0) is 16.1 Å². The summed E-state index contributed by atoms with van der Waals surface area (Å²) in [5.41, 5.74) is 1.24. The molecule has 3 heteroatoms. The van der Waals surface area contributed by atoms with Crippen LogP contribution in [-0.4, -0.2) is 30.1 Å². The zero-order chi connectivity index (χ0) is 11.5. The number of benzene rings is 1. The van der Waals surface area contributed by atoms with E-state index in [9.17, 15) is 4.79 Å². The topological polar surface area (TPSA) is 29.5 Å². The Morgan fingerprint density at radius 1 is 1.44 bits per heavy atom. The molecule has 1 aliphatic rings. The summed E-state index contributed by atoms with van der Waals surface area (Å²) in [6.45, 7) is 2.96. The fourth-order valence-corrected chi connectivity index (χ4v) is 2.19. The minimum Gasteiger partial charge on any atom is -0.468 e. The van der Waals surface area contributed by atoms with Crippen LogP contribution < -0.4 is 0 Å². The highest BCUT2D eigenvalue weighted by Crippen LogP contribution is 2.28. The highest BCUT2D eigenvalue weighted by Gasteiger charge is 2.40. The first-order chi connectivity index (χ1) is 7.72. The molecule has 1 heterocycles. The maximum Gasteiger partial charge on any atom is 0.323 e. The number of carbonyl (C=O) groups excluding carboxylic acids is 1. The van der Waals surface area contributed by atoms with E-state index in [1.54, 1.807) is 0 Å². The lowest BCUT2D eigenvalue weighted by Crippen LogP contribution is -2.57. The fraction of sp³-hybridized carbons (Fsp3) is 0.462. The number of likely N-dealkylation sites (tertiary alicyclic amines) is 1.